The molecule has 0 saturated heterocycles. The van der Waals surface area contributed by atoms with Crippen LogP contribution in [0.5, 0.6) is 5.75 Å². The number of fused-ring (bicyclic) bond motifs is 1. The molecule has 0 radical (unpaired) electrons. The second kappa shape index (κ2) is 6.13. The number of anilines is 1. The van der Waals surface area contributed by atoms with Crippen LogP contribution in [0.2, 0.25) is 0 Å². The van der Waals surface area contributed by atoms with E-state index >= 15 is 0 Å². The molecule has 2 aromatic carbocycles. The van der Waals surface area contributed by atoms with Crippen molar-refractivity contribution in [1.29, 1.82) is 0 Å². The Kier molecular flexibility index (Phi) is 4.03. The van der Waals surface area contributed by atoms with Gasteiger partial charge in [0.2, 0.25) is 5.82 Å². The van der Waals surface area contributed by atoms with Crippen molar-refractivity contribution in [3.8, 4) is 16.9 Å². The van der Waals surface area contributed by atoms with Gasteiger partial charge in [0.25, 0.3) is 5.91 Å². The first-order chi connectivity index (χ1) is 13.6. The zero-order chi connectivity index (χ0) is 21.2. The highest BCUT2D eigenvalue weighted by molar-refractivity contribution is 6.07. The van der Waals surface area contributed by atoms with Gasteiger partial charge < -0.3 is 9.84 Å². The Morgan fingerprint density at radius 1 is 1.00 bits per heavy atom. The van der Waals surface area contributed by atoms with E-state index in [-0.39, 0.29) is 24.3 Å². The van der Waals surface area contributed by atoms with E-state index in [4.69, 9.17) is 9.84 Å². The molecule has 2 aliphatic rings. The van der Waals surface area contributed by atoms with Gasteiger partial charge in [0.15, 0.2) is 28.9 Å². The zero-order valence-electron chi connectivity index (χ0n) is 14.2. The molecule has 0 atom stereocenters. The molecule has 1 aliphatic heterocycles. The first-order valence-electron chi connectivity index (χ1n) is 8.15. The minimum absolute atomic E-state index is 0.252. The molecule has 1 N–H and O–H groups in total. The Bertz CT molecular complexity index is 1070. The maximum atomic E-state index is 14.6. The number of carboxylic acid groups (broad SMARTS) is 1. The van der Waals surface area contributed by atoms with Crippen molar-refractivity contribution in [1.82, 2.24) is 0 Å². The lowest BCUT2D eigenvalue weighted by molar-refractivity contribution is -0.138. The summed E-state index contributed by atoms with van der Waals surface area (Å²) in [5.41, 5.74) is -4.30. The number of halogens is 6. The van der Waals surface area contributed by atoms with Crippen molar-refractivity contribution in [3.05, 3.63) is 47.0 Å². The van der Waals surface area contributed by atoms with Crippen LogP contribution in [0.1, 0.15) is 12.8 Å². The second-order valence-corrected chi connectivity index (χ2v) is 6.63. The van der Waals surface area contributed by atoms with Crippen molar-refractivity contribution in [2.75, 3.05) is 11.4 Å². The third-order valence-corrected chi connectivity index (χ3v) is 4.76. The number of carboxylic acids is 1. The lowest BCUT2D eigenvalue weighted by Gasteiger charge is -2.34. The Hall–Kier alpha value is -3.24. The number of rotatable bonds is 3. The zero-order valence-corrected chi connectivity index (χ0v) is 14.2. The van der Waals surface area contributed by atoms with Gasteiger partial charge >= 0.3 is 5.97 Å². The maximum absolute atomic E-state index is 14.6. The quantitative estimate of drug-likeness (QED) is 0.472. The first kappa shape index (κ1) is 19.1. The van der Waals surface area contributed by atoms with E-state index in [9.17, 15) is 35.9 Å². The van der Waals surface area contributed by atoms with Crippen LogP contribution in [0.25, 0.3) is 11.1 Å². The van der Waals surface area contributed by atoms with Gasteiger partial charge in [-0.3, -0.25) is 14.5 Å². The molecule has 1 heterocycles. The van der Waals surface area contributed by atoms with Gasteiger partial charge in [0.05, 0.1) is 11.3 Å². The van der Waals surface area contributed by atoms with Gasteiger partial charge in [-0.15, -0.1) is 0 Å². The smallest absolute Gasteiger partial charge is 0.323 e. The molecule has 5 nitrogen and oxygen atoms in total. The van der Waals surface area contributed by atoms with Crippen molar-refractivity contribution in [2.45, 2.75) is 18.4 Å². The molecule has 0 bridgehead atoms. The molecule has 11 heteroatoms. The minimum Gasteiger partial charge on any atom is -0.480 e. The summed E-state index contributed by atoms with van der Waals surface area (Å²) < 4.78 is 88.6. The van der Waals surface area contributed by atoms with Gasteiger partial charge in [-0.1, -0.05) is 0 Å². The summed E-state index contributed by atoms with van der Waals surface area (Å²) >= 11 is 0. The SMILES string of the molecule is O=C(O)CN1C(=O)C2(CC2)Oc2cc(F)c(-c3c(F)c(F)c(F)c(F)c3F)cc21. The molecule has 152 valence electrons. The van der Waals surface area contributed by atoms with Crippen LogP contribution in [-0.2, 0) is 9.59 Å². The van der Waals surface area contributed by atoms with Gasteiger partial charge in [-0.05, 0) is 6.07 Å². The molecule has 29 heavy (non-hydrogen) atoms. The highest BCUT2D eigenvalue weighted by Crippen LogP contribution is 2.50. The summed E-state index contributed by atoms with van der Waals surface area (Å²) in [5, 5.41) is 9.06. The summed E-state index contributed by atoms with van der Waals surface area (Å²) in [6, 6.07) is 1.24. The number of ether oxygens (including phenoxy) is 1. The predicted molar refractivity (Wildman–Crippen MR) is 84.2 cm³/mol. The summed E-state index contributed by atoms with van der Waals surface area (Å²) in [7, 11) is 0. The van der Waals surface area contributed by atoms with E-state index in [1.807, 2.05) is 0 Å². The number of hydrogen-bond donors (Lipinski definition) is 1. The monoisotopic (exact) mass is 417 g/mol. The lowest BCUT2D eigenvalue weighted by atomic mass is 10.00. The molecule has 2 aromatic rings. The second-order valence-electron chi connectivity index (χ2n) is 6.63. The van der Waals surface area contributed by atoms with Crippen LogP contribution < -0.4 is 9.64 Å². The fourth-order valence-electron chi connectivity index (χ4n) is 3.20. The van der Waals surface area contributed by atoms with E-state index in [2.05, 4.69) is 0 Å². The third kappa shape index (κ3) is 2.71. The first-order valence-corrected chi connectivity index (χ1v) is 8.15. The van der Waals surface area contributed by atoms with Crippen LogP contribution in [0.4, 0.5) is 32.0 Å². The topological polar surface area (TPSA) is 66.8 Å². The van der Waals surface area contributed by atoms with Crippen LogP contribution in [0, 0.1) is 34.9 Å². The molecular formula is C18H9F6NO4. The Morgan fingerprint density at radius 3 is 2.07 bits per heavy atom. The molecular weight excluding hydrogens is 408 g/mol. The highest BCUT2D eigenvalue weighted by atomic mass is 19.2. The number of hydrogen-bond acceptors (Lipinski definition) is 3. The molecule has 0 aromatic heterocycles. The molecule has 0 unspecified atom stereocenters. The van der Waals surface area contributed by atoms with Crippen LogP contribution >= 0.6 is 0 Å². The highest BCUT2D eigenvalue weighted by Gasteiger charge is 2.58. The van der Waals surface area contributed by atoms with E-state index in [1.54, 1.807) is 0 Å². The fourth-order valence-corrected chi connectivity index (χ4v) is 3.20. The van der Waals surface area contributed by atoms with Crippen molar-refractivity contribution in [2.24, 2.45) is 0 Å². The summed E-state index contributed by atoms with van der Waals surface area (Å²) in [6.07, 6.45) is 0.505. The minimum atomic E-state index is -2.41. The Balaban J connectivity index is 1.95. The molecule has 1 fully saturated rings. The summed E-state index contributed by atoms with van der Waals surface area (Å²) in [6.45, 7) is -0.876. The van der Waals surface area contributed by atoms with Gasteiger partial charge in [0, 0.05) is 24.5 Å². The van der Waals surface area contributed by atoms with Gasteiger partial charge in [-0.2, -0.15) is 0 Å². The summed E-state index contributed by atoms with van der Waals surface area (Å²) in [4.78, 5) is 24.4. The average molecular weight is 417 g/mol. The van der Waals surface area contributed by atoms with E-state index in [0.717, 1.165) is 0 Å². The van der Waals surface area contributed by atoms with Crippen LogP contribution in [0.15, 0.2) is 12.1 Å². The number of carbonyl (C=O) groups excluding carboxylic acids is 1. The largest absolute Gasteiger partial charge is 0.480 e. The number of carbonyl (C=O) groups is 2. The Labute approximate surface area is 158 Å². The fraction of sp³-hybridized carbons (Fsp3) is 0.222. The lowest BCUT2D eigenvalue weighted by Crippen LogP contribution is -2.49. The molecule has 1 saturated carbocycles. The maximum Gasteiger partial charge on any atom is 0.323 e. The van der Waals surface area contributed by atoms with Crippen LogP contribution in [-0.4, -0.2) is 29.1 Å². The average Bonchev–Trinajstić information content (AvgIpc) is 3.43. The molecule has 1 amide bonds. The normalized spacial score (nSPS) is 16.6. The van der Waals surface area contributed by atoms with E-state index < -0.39 is 70.1 Å². The molecule has 1 aliphatic carbocycles. The van der Waals surface area contributed by atoms with E-state index in [1.165, 1.54) is 0 Å². The molecule has 4 rings (SSSR count). The number of aliphatic carboxylic acids is 1. The van der Waals surface area contributed by atoms with Gasteiger partial charge in [0.1, 0.15) is 18.1 Å². The van der Waals surface area contributed by atoms with Crippen molar-refractivity contribution < 1.29 is 45.8 Å². The Morgan fingerprint density at radius 2 is 1.55 bits per heavy atom. The predicted octanol–water partition coefficient (Wildman–Crippen LogP) is 3.53. The summed E-state index contributed by atoms with van der Waals surface area (Å²) in [5.74, 6) is -15.4. The number of nitrogens with zero attached hydrogens (tertiary/aromatic N) is 1. The number of benzene rings is 2. The standard InChI is InChI=1S/C18H9F6NO4/c19-7-4-9-8(25(5-10(26)27)17(28)18(29-9)1-2-18)3-6(7)11-12(20)14(22)16(24)15(23)13(11)21/h3-4H,1-2,5H2,(H,26,27). The van der Waals surface area contributed by atoms with Crippen molar-refractivity contribution >= 4 is 17.6 Å². The van der Waals surface area contributed by atoms with E-state index in [0.29, 0.717) is 17.0 Å². The third-order valence-electron chi connectivity index (χ3n) is 4.76. The number of amides is 1. The van der Waals surface area contributed by atoms with Gasteiger partial charge in [-0.25, -0.2) is 26.3 Å². The van der Waals surface area contributed by atoms with Crippen molar-refractivity contribution in [3.63, 3.8) is 0 Å². The van der Waals surface area contributed by atoms with Crippen LogP contribution in [0.3, 0.4) is 0 Å². The molecule has 1 spiro atoms.